The molecule has 2 heterocycles. The lowest BCUT2D eigenvalue weighted by Crippen LogP contribution is -2.40. The van der Waals surface area contributed by atoms with Gasteiger partial charge in [0.1, 0.15) is 0 Å². The molecular weight excluding hydrogens is 328 g/mol. The van der Waals surface area contributed by atoms with Crippen LogP contribution in [0.4, 0.5) is 5.13 Å². The summed E-state index contributed by atoms with van der Waals surface area (Å²) >= 11 is 3.09. The van der Waals surface area contributed by atoms with Gasteiger partial charge in [-0.2, -0.15) is 0 Å². The van der Waals surface area contributed by atoms with Gasteiger partial charge < -0.3 is 10.2 Å². The molecule has 1 amide bonds. The van der Waals surface area contributed by atoms with Crippen LogP contribution in [0, 0.1) is 5.92 Å². The molecule has 1 N–H and O–H groups in total. The topological polar surface area (TPSA) is 58.1 Å². The summed E-state index contributed by atoms with van der Waals surface area (Å²) in [5, 5.41) is 12.8. The Morgan fingerprint density at radius 2 is 2.09 bits per heavy atom. The zero-order valence-electron chi connectivity index (χ0n) is 13.8. The zero-order chi connectivity index (χ0) is 16.1. The normalized spacial score (nSPS) is 23.0. The van der Waals surface area contributed by atoms with Crippen molar-refractivity contribution in [3.8, 4) is 0 Å². The summed E-state index contributed by atoms with van der Waals surface area (Å²) in [5.74, 6) is 1.34. The van der Waals surface area contributed by atoms with Crippen molar-refractivity contribution in [1.82, 2.24) is 15.1 Å². The first-order valence-corrected chi connectivity index (χ1v) is 10.5. The number of anilines is 1. The van der Waals surface area contributed by atoms with E-state index in [2.05, 4.69) is 22.4 Å². The summed E-state index contributed by atoms with van der Waals surface area (Å²) < 4.78 is 0.890. The van der Waals surface area contributed by atoms with Gasteiger partial charge in [-0.05, 0) is 31.6 Å². The Bertz CT molecular complexity index is 516. The Hall–Kier alpha value is -0.820. The molecule has 0 unspecified atom stereocenters. The first-order valence-electron chi connectivity index (χ1n) is 8.71. The number of rotatable bonds is 5. The molecule has 1 saturated carbocycles. The third kappa shape index (κ3) is 5.08. The number of carbonyl (C=O) groups is 1. The van der Waals surface area contributed by atoms with Gasteiger partial charge in [0.25, 0.3) is 0 Å². The quantitative estimate of drug-likeness (QED) is 0.818. The molecule has 3 rings (SSSR count). The SMILES string of the molecule is C[C@@H]1CCCN(C(=O)CSc2nnc(NC3CCCCC3)s2)C1. The van der Waals surface area contributed by atoms with Crippen LogP contribution in [0.3, 0.4) is 0 Å². The van der Waals surface area contributed by atoms with Crippen molar-refractivity contribution in [3.05, 3.63) is 0 Å². The van der Waals surface area contributed by atoms with E-state index < -0.39 is 0 Å². The van der Waals surface area contributed by atoms with Crippen LogP contribution in [-0.2, 0) is 4.79 Å². The smallest absolute Gasteiger partial charge is 0.233 e. The first-order chi connectivity index (χ1) is 11.2. The minimum Gasteiger partial charge on any atom is -0.357 e. The van der Waals surface area contributed by atoms with Crippen molar-refractivity contribution >= 4 is 34.1 Å². The number of likely N-dealkylation sites (tertiary alicyclic amines) is 1. The highest BCUT2D eigenvalue weighted by atomic mass is 32.2. The number of amides is 1. The largest absolute Gasteiger partial charge is 0.357 e. The van der Waals surface area contributed by atoms with Crippen molar-refractivity contribution in [2.24, 2.45) is 5.92 Å². The molecule has 23 heavy (non-hydrogen) atoms. The van der Waals surface area contributed by atoms with Crippen LogP contribution in [0.25, 0.3) is 0 Å². The van der Waals surface area contributed by atoms with E-state index in [1.807, 2.05) is 4.90 Å². The maximum atomic E-state index is 12.3. The predicted molar refractivity (Wildman–Crippen MR) is 96.1 cm³/mol. The molecule has 128 valence electrons. The standard InChI is InChI=1S/C16H26N4OS2/c1-12-6-5-9-20(10-12)14(21)11-22-16-19-18-15(23-16)17-13-7-3-2-4-8-13/h12-13H,2-11H2,1H3,(H,17,18)/t12-/m1/s1. The minimum atomic E-state index is 0.235. The fourth-order valence-electron chi connectivity index (χ4n) is 3.38. The van der Waals surface area contributed by atoms with Crippen LogP contribution in [-0.4, -0.2) is 45.9 Å². The second-order valence-electron chi connectivity index (χ2n) is 6.73. The number of nitrogens with zero attached hydrogens (tertiary/aromatic N) is 3. The monoisotopic (exact) mass is 354 g/mol. The highest BCUT2D eigenvalue weighted by Crippen LogP contribution is 2.28. The third-order valence-corrected chi connectivity index (χ3v) is 6.64. The van der Waals surface area contributed by atoms with Crippen LogP contribution in [0.15, 0.2) is 4.34 Å². The Morgan fingerprint density at radius 1 is 1.26 bits per heavy atom. The Labute approximate surface area is 146 Å². The van der Waals surface area contributed by atoms with Gasteiger partial charge in [0.15, 0.2) is 4.34 Å². The summed E-state index contributed by atoms with van der Waals surface area (Å²) in [7, 11) is 0. The minimum absolute atomic E-state index is 0.235. The molecule has 1 aliphatic carbocycles. The van der Waals surface area contributed by atoms with Gasteiger partial charge >= 0.3 is 0 Å². The van der Waals surface area contributed by atoms with E-state index in [4.69, 9.17) is 0 Å². The van der Waals surface area contributed by atoms with Crippen LogP contribution < -0.4 is 5.32 Å². The van der Waals surface area contributed by atoms with Crippen LogP contribution >= 0.6 is 23.1 Å². The van der Waals surface area contributed by atoms with Crippen molar-refractivity contribution in [1.29, 1.82) is 0 Å². The molecule has 1 aliphatic heterocycles. The summed E-state index contributed by atoms with van der Waals surface area (Å²) in [6.07, 6.45) is 8.80. The van der Waals surface area contributed by atoms with E-state index in [-0.39, 0.29) is 5.91 Å². The predicted octanol–water partition coefficient (Wildman–Crippen LogP) is 3.63. The van der Waals surface area contributed by atoms with Crippen molar-refractivity contribution in [2.75, 3.05) is 24.2 Å². The van der Waals surface area contributed by atoms with Crippen LogP contribution in [0.2, 0.25) is 0 Å². The maximum absolute atomic E-state index is 12.3. The van der Waals surface area contributed by atoms with E-state index in [0.717, 1.165) is 29.0 Å². The lowest BCUT2D eigenvalue weighted by molar-refractivity contribution is -0.130. The molecule has 7 heteroatoms. The molecule has 0 radical (unpaired) electrons. The lowest BCUT2D eigenvalue weighted by Gasteiger charge is -2.30. The molecule has 0 spiro atoms. The average molecular weight is 355 g/mol. The highest BCUT2D eigenvalue weighted by molar-refractivity contribution is 8.01. The summed E-state index contributed by atoms with van der Waals surface area (Å²) in [6, 6.07) is 0.547. The summed E-state index contributed by atoms with van der Waals surface area (Å²) in [6.45, 7) is 4.04. The fraction of sp³-hybridized carbons (Fsp3) is 0.812. The number of aromatic nitrogens is 2. The van der Waals surface area contributed by atoms with Crippen molar-refractivity contribution in [2.45, 2.75) is 62.3 Å². The molecule has 1 atom stereocenters. The van der Waals surface area contributed by atoms with Gasteiger partial charge in [0.2, 0.25) is 11.0 Å². The van der Waals surface area contributed by atoms with E-state index in [0.29, 0.717) is 17.7 Å². The zero-order valence-corrected chi connectivity index (χ0v) is 15.4. The van der Waals surface area contributed by atoms with E-state index in [1.165, 1.54) is 50.3 Å². The van der Waals surface area contributed by atoms with E-state index in [1.54, 1.807) is 11.3 Å². The second-order valence-corrected chi connectivity index (χ2v) is 8.93. The van der Waals surface area contributed by atoms with Gasteiger partial charge in [-0.1, -0.05) is 49.3 Å². The maximum Gasteiger partial charge on any atom is 0.233 e. The third-order valence-electron chi connectivity index (χ3n) is 4.67. The molecule has 2 fully saturated rings. The molecule has 2 aliphatic rings. The number of piperidine rings is 1. The Morgan fingerprint density at radius 3 is 2.87 bits per heavy atom. The van der Waals surface area contributed by atoms with Crippen LogP contribution in [0.5, 0.6) is 0 Å². The van der Waals surface area contributed by atoms with Crippen molar-refractivity contribution in [3.63, 3.8) is 0 Å². The van der Waals surface area contributed by atoms with E-state index in [9.17, 15) is 4.79 Å². The number of hydrogen-bond acceptors (Lipinski definition) is 6. The molecule has 5 nitrogen and oxygen atoms in total. The first kappa shape index (κ1) is 17.0. The molecule has 1 aromatic heterocycles. The van der Waals surface area contributed by atoms with Gasteiger partial charge in [-0.25, -0.2) is 0 Å². The number of thioether (sulfide) groups is 1. The molecule has 0 aromatic carbocycles. The molecule has 1 saturated heterocycles. The number of nitrogens with one attached hydrogen (secondary N) is 1. The molecular formula is C16H26N4OS2. The molecule has 1 aromatic rings. The van der Waals surface area contributed by atoms with E-state index >= 15 is 0 Å². The van der Waals surface area contributed by atoms with Gasteiger partial charge in [-0.15, -0.1) is 10.2 Å². The van der Waals surface area contributed by atoms with Gasteiger partial charge in [0.05, 0.1) is 5.75 Å². The lowest BCUT2D eigenvalue weighted by atomic mass is 9.96. The fourth-order valence-corrected chi connectivity index (χ4v) is 5.11. The summed E-state index contributed by atoms with van der Waals surface area (Å²) in [5.41, 5.74) is 0. The average Bonchev–Trinajstić information content (AvgIpc) is 3.01. The van der Waals surface area contributed by atoms with Gasteiger partial charge in [-0.3, -0.25) is 4.79 Å². The number of hydrogen-bond donors (Lipinski definition) is 1. The van der Waals surface area contributed by atoms with Crippen molar-refractivity contribution < 1.29 is 4.79 Å². The van der Waals surface area contributed by atoms with Crippen LogP contribution in [0.1, 0.15) is 51.9 Å². The Kier molecular flexibility index (Phi) is 6.16. The molecule has 0 bridgehead atoms. The Balaban J connectivity index is 1.44. The second kappa shape index (κ2) is 8.33. The van der Waals surface area contributed by atoms with Gasteiger partial charge in [0, 0.05) is 19.1 Å². The number of carbonyl (C=O) groups excluding carboxylic acids is 1. The summed E-state index contributed by atoms with van der Waals surface area (Å²) in [4.78, 5) is 14.3. The highest BCUT2D eigenvalue weighted by Gasteiger charge is 2.21.